The molecule has 2 rings (SSSR count). The zero-order valence-electron chi connectivity index (χ0n) is 13.8. The molecule has 0 heterocycles. The lowest BCUT2D eigenvalue weighted by molar-refractivity contribution is -0.137. The summed E-state index contributed by atoms with van der Waals surface area (Å²) >= 11 is 5.27. The number of alkyl halides is 3. The standard InChI is InChI=1S/C18H15F4N3S/c1-12-6-7-14(11-16(12)19)24-17(26)25(9-3-8-23)15-5-2-4-13(10-15)18(20,21)22/h2,4-7,10-11H,3,9H2,1H3,(H,24,26). The summed E-state index contributed by atoms with van der Waals surface area (Å²) in [5.41, 5.74) is 0.203. The van der Waals surface area contributed by atoms with Crippen LogP contribution in [0.25, 0.3) is 0 Å². The quantitative estimate of drug-likeness (QED) is 0.578. The maximum Gasteiger partial charge on any atom is 0.416 e. The van der Waals surface area contributed by atoms with Crippen LogP contribution in [0, 0.1) is 24.1 Å². The SMILES string of the molecule is Cc1ccc(NC(=S)N(CCC#N)c2cccc(C(F)(F)F)c2)cc1F. The molecule has 26 heavy (non-hydrogen) atoms. The predicted octanol–water partition coefficient (Wildman–Crippen LogP) is 5.27. The summed E-state index contributed by atoms with van der Waals surface area (Å²) in [6.45, 7) is 1.71. The van der Waals surface area contributed by atoms with E-state index >= 15 is 0 Å². The Kier molecular flexibility index (Phi) is 6.16. The fourth-order valence-electron chi connectivity index (χ4n) is 2.22. The number of thiocarbonyl (C=S) groups is 1. The molecule has 0 saturated heterocycles. The van der Waals surface area contributed by atoms with Gasteiger partial charge in [0.2, 0.25) is 0 Å². The number of rotatable bonds is 4. The van der Waals surface area contributed by atoms with E-state index in [0.29, 0.717) is 11.3 Å². The molecule has 136 valence electrons. The van der Waals surface area contributed by atoms with Crippen LogP contribution < -0.4 is 10.2 Å². The molecule has 0 radical (unpaired) electrons. The minimum absolute atomic E-state index is 0.0559. The fourth-order valence-corrected chi connectivity index (χ4v) is 2.54. The number of hydrogen-bond acceptors (Lipinski definition) is 2. The highest BCUT2D eigenvalue weighted by Gasteiger charge is 2.31. The molecule has 0 aliphatic heterocycles. The first-order valence-corrected chi connectivity index (χ1v) is 8.02. The van der Waals surface area contributed by atoms with E-state index in [2.05, 4.69) is 5.32 Å². The largest absolute Gasteiger partial charge is 0.416 e. The summed E-state index contributed by atoms with van der Waals surface area (Å²) in [4.78, 5) is 1.38. The smallest absolute Gasteiger partial charge is 0.332 e. The Morgan fingerprint density at radius 1 is 1.23 bits per heavy atom. The van der Waals surface area contributed by atoms with Crippen LogP contribution in [0.5, 0.6) is 0 Å². The van der Waals surface area contributed by atoms with Crippen LogP contribution in [0.2, 0.25) is 0 Å². The van der Waals surface area contributed by atoms with Crippen molar-refractivity contribution in [3.8, 4) is 6.07 Å². The molecule has 2 aromatic carbocycles. The van der Waals surface area contributed by atoms with Gasteiger partial charge in [-0.3, -0.25) is 0 Å². The van der Waals surface area contributed by atoms with Gasteiger partial charge in [0, 0.05) is 17.9 Å². The number of nitriles is 1. The van der Waals surface area contributed by atoms with Gasteiger partial charge in [0.1, 0.15) is 5.82 Å². The highest BCUT2D eigenvalue weighted by atomic mass is 32.1. The summed E-state index contributed by atoms with van der Waals surface area (Å²) in [7, 11) is 0. The van der Waals surface area contributed by atoms with E-state index in [-0.39, 0.29) is 23.8 Å². The number of nitrogens with one attached hydrogen (secondary N) is 1. The third-order valence-electron chi connectivity index (χ3n) is 3.60. The van der Waals surface area contributed by atoms with Crippen molar-refractivity contribution in [3.63, 3.8) is 0 Å². The van der Waals surface area contributed by atoms with E-state index < -0.39 is 17.6 Å². The van der Waals surface area contributed by atoms with E-state index in [0.717, 1.165) is 12.1 Å². The van der Waals surface area contributed by atoms with E-state index in [1.165, 1.54) is 23.1 Å². The molecule has 1 N–H and O–H groups in total. The van der Waals surface area contributed by atoms with Crippen LogP contribution in [-0.4, -0.2) is 11.7 Å². The molecular formula is C18H15F4N3S. The first-order valence-electron chi connectivity index (χ1n) is 7.61. The monoisotopic (exact) mass is 381 g/mol. The van der Waals surface area contributed by atoms with Gasteiger partial charge in [-0.25, -0.2) is 4.39 Å². The first-order chi connectivity index (χ1) is 12.2. The Labute approximate surface area is 153 Å². The van der Waals surface area contributed by atoms with Crippen molar-refractivity contribution in [1.82, 2.24) is 0 Å². The molecule has 3 nitrogen and oxygen atoms in total. The lowest BCUT2D eigenvalue weighted by atomic mass is 10.1. The van der Waals surface area contributed by atoms with E-state index in [1.54, 1.807) is 19.1 Å². The van der Waals surface area contributed by atoms with Gasteiger partial charge in [-0.05, 0) is 55.0 Å². The van der Waals surface area contributed by atoms with Crippen molar-refractivity contribution in [2.45, 2.75) is 19.5 Å². The minimum atomic E-state index is -4.49. The lowest BCUT2D eigenvalue weighted by Gasteiger charge is -2.26. The van der Waals surface area contributed by atoms with Crippen molar-refractivity contribution in [2.75, 3.05) is 16.8 Å². The Balaban J connectivity index is 2.30. The molecule has 0 aliphatic carbocycles. The topological polar surface area (TPSA) is 39.1 Å². The number of anilines is 2. The van der Waals surface area contributed by atoms with Gasteiger partial charge < -0.3 is 10.2 Å². The number of hydrogen-bond donors (Lipinski definition) is 1. The van der Waals surface area contributed by atoms with Crippen molar-refractivity contribution >= 4 is 28.7 Å². The van der Waals surface area contributed by atoms with Crippen LogP contribution >= 0.6 is 12.2 Å². The van der Waals surface area contributed by atoms with E-state index in [9.17, 15) is 17.6 Å². The van der Waals surface area contributed by atoms with Crippen LogP contribution in [0.4, 0.5) is 28.9 Å². The number of nitrogens with zero attached hydrogens (tertiary/aromatic N) is 2. The highest BCUT2D eigenvalue weighted by molar-refractivity contribution is 7.80. The first kappa shape index (κ1) is 19.7. The van der Waals surface area contributed by atoms with E-state index in [4.69, 9.17) is 17.5 Å². The average molecular weight is 381 g/mol. The average Bonchev–Trinajstić information content (AvgIpc) is 2.58. The third-order valence-corrected chi connectivity index (χ3v) is 3.92. The summed E-state index contributed by atoms with van der Waals surface area (Å²) in [5, 5.41) is 11.7. The lowest BCUT2D eigenvalue weighted by Crippen LogP contribution is -2.35. The van der Waals surface area contributed by atoms with Gasteiger partial charge >= 0.3 is 6.18 Å². The predicted molar refractivity (Wildman–Crippen MR) is 96.4 cm³/mol. The maximum absolute atomic E-state index is 13.7. The van der Waals surface area contributed by atoms with Crippen molar-refractivity contribution in [2.24, 2.45) is 0 Å². The van der Waals surface area contributed by atoms with Crippen LogP contribution in [0.1, 0.15) is 17.5 Å². The molecule has 8 heteroatoms. The zero-order chi connectivity index (χ0) is 19.3. The Hall–Kier alpha value is -2.66. The van der Waals surface area contributed by atoms with Gasteiger partial charge in [-0.15, -0.1) is 0 Å². The van der Waals surface area contributed by atoms with Gasteiger partial charge in [0.15, 0.2) is 5.11 Å². The minimum Gasteiger partial charge on any atom is -0.332 e. The molecule has 0 amide bonds. The fraction of sp³-hybridized carbons (Fsp3) is 0.222. The summed E-state index contributed by atoms with van der Waals surface area (Å²) in [5.74, 6) is -0.430. The molecule has 0 bridgehead atoms. The van der Waals surface area contributed by atoms with Crippen molar-refractivity contribution in [1.29, 1.82) is 5.26 Å². The second kappa shape index (κ2) is 8.15. The molecule has 0 aromatic heterocycles. The number of benzene rings is 2. The zero-order valence-corrected chi connectivity index (χ0v) is 14.6. The van der Waals surface area contributed by atoms with Gasteiger partial charge in [-0.2, -0.15) is 18.4 Å². The van der Waals surface area contributed by atoms with Crippen LogP contribution in [0.3, 0.4) is 0 Å². The Morgan fingerprint density at radius 3 is 2.58 bits per heavy atom. The normalized spacial score (nSPS) is 10.9. The molecule has 0 spiro atoms. The second-order valence-corrected chi connectivity index (χ2v) is 5.89. The maximum atomic E-state index is 13.7. The van der Waals surface area contributed by atoms with E-state index in [1.807, 2.05) is 6.07 Å². The second-order valence-electron chi connectivity index (χ2n) is 5.50. The molecular weight excluding hydrogens is 366 g/mol. The van der Waals surface area contributed by atoms with Crippen LogP contribution in [0.15, 0.2) is 42.5 Å². The molecule has 0 aliphatic rings. The Morgan fingerprint density at radius 2 is 1.96 bits per heavy atom. The van der Waals surface area contributed by atoms with Gasteiger partial charge in [-0.1, -0.05) is 12.1 Å². The number of halogens is 4. The summed E-state index contributed by atoms with van der Waals surface area (Å²) < 4.78 is 52.5. The van der Waals surface area contributed by atoms with Gasteiger partial charge in [0.05, 0.1) is 18.1 Å². The van der Waals surface area contributed by atoms with Crippen molar-refractivity contribution < 1.29 is 17.6 Å². The summed E-state index contributed by atoms with van der Waals surface area (Å²) in [6, 6.07) is 11.0. The molecule has 0 atom stereocenters. The molecule has 2 aromatic rings. The van der Waals surface area contributed by atoms with Gasteiger partial charge in [0.25, 0.3) is 0 Å². The third kappa shape index (κ3) is 4.92. The summed E-state index contributed by atoms with van der Waals surface area (Å²) in [6.07, 6.45) is -4.44. The van der Waals surface area contributed by atoms with Crippen LogP contribution in [-0.2, 0) is 6.18 Å². The Bertz CT molecular complexity index is 843. The highest BCUT2D eigenvalue weighted by Crippen LogP contribution is 2.32. The molecule has 0 fully saturated rings. The molecule has 0 unspecified atom stereocenters. The molecule has 0 saturated carbocycles. The van der Waals surface area contributed by atoms with Crippen molar-refractivity contribution in [3.05, 3.63) is 59.4 Å². The number of aryl methyl sites for hydroxylation is 1.